The van der Waals surface area contributed by atoms with Crippen molar-refractivity contribution in [3.8, 4) is 11.6 Å². The van der Waals surface area contributed by atoms with Gasteiger partial charge in [0, 0.05) is 30.0 Å². The van der Waals surface area contributed by atoms with Crippen LogP contribution in [0.1, 0.15) is 5.89 Å². The van der Waals surface area contributed by atoms with Gasteiger partial charge in [0.1, 0.15) is 11.2 Å². The Kier molecular flexibility index (Phi) is 2.37. The number of fused-ring (bicyclic) bond motifs is 1. The fourth-order valence-corrected chi connectivity index (χ4v) is 2.43. The van der Waals surface area contributed by atoms with Crippen LogP contribution in [-0.4, -0.2) is 19.7 Å². The summed E-state index contributed by atoms with van der Waals surface area (Å²) in [5.41, 5.74) is 1.04. The second-order valence-corrected chi connectivity index (χ2v) is 4.85. The van der Waals surface area contributed by atoms with Crippen molar-refractivity contribution in [1.29, 1.82) is 0 Å². The van der Waals surface area contributed by atoms with E-state index >= 15 is 0 Å². The minimum Gasteiger partial charge on any atom is -0.420 e. The van der Waals surface area contributed by atoms with E-state index in [-0.39, 0.29) is 5.56 Å². The third kappa shape index (κ3) is 1.59. The Morgan fingerprint density at radius 2 is 2.22 bits per heavy atom. The molecule has 0 aliphatic carbocycles. The topological polar surface area (TPSA) is 76.7 Å². The second kappa shape index (κ2) is 3.81. The summed E-state index contributed by atoms with van der Waals surface area (Å²) in [6.07, 6.45) is 1.72. The van der Waals surface area contributed by atoms with Gasteiger partial charge in [-0.25, -0.2) is 0 Å². The molecular weight excluding hydrogens is 300 g/mol. The summed E-state index contributed by atoms with van der Waals surface area (Å²) in [6.45, 7) is 1.72. The number of H-pyrrole nitrogens is 1. The summed E-state index contributed by atoms with van der Waals surface area (Å²) in [7, 11) is 1.70. The standard InChI is InChI=1S/C11H9BrN4O2/c1-5-14-15-10(18-5)8-3-6-7(12)4-16(2)11(17)9(6)13-8/h3-4,13H,1-2H3. The Morgan fingerprint density at radius 1 is 1.44 bits per heavy atom. The van der Waals surface area contributed by atoms with E-state index in [1.54, 1.807) is 20.2 Å². The van der Waals surface area contributed by atoms with Gasteiger partial charge in [0.15, 0.2) is 0 Å². The molecule has 3 aromatic rings. The molecular formula is C11H9BrN4O2. The largest absolute Gasteiger partial charge is 0.420 e. The van der Waals surface area contributed by atoms with Crippen LogP contribution in [0.5, 0.6) is 0 Å². The van der Waals surface area contributed by atoms with Gasteiger partial charge in [-0.3, -0.25) is 4.79 Å². The van der Waals surface area contributed by atoms with Crippen molar-refractivity contribution in [2.24, 2.45) is 7.05 Å². The second-order valence-electron chi connectivity index (χ2n) is 3.99. The van der Waals surface area contributed by atoms with Gasteiger partial charge >= 0.3 is 0 Å². The van der Waals surface area contributed by atoms with E-state index in [0.717, 1.165) is 9.86 Å². The van der Waals surface area contributed by atoms with Gasteiger partial charge in [-0.15, -0.1) is 10.2 Å². The van der Waals surface area contributed by atoms with E-state index in [2.05, 4.69) is 31.1 Å². The summed E-state index contributed by atoms with van der Waals surface area (Å²) >= 11 is 3.43. The number of halogens is 1. The van der Waals surface area contributed by atoms with Crippen LogP contribution in [0.15, 0.2) is 25.9 Å². The van der Waals surface area contributed by atoms with E-state index in [1.165, 1.54) is 4.57 Å². The molecule has 0 fully saturated rings. The van der Waals surface area contributed by atoms with Crippen molar-refractivity contribution in [2.75, 3.05) is 0 Å². The monoisotopic (exact) mass is 308 g/mol. The van der Waals surface area contributed by atoms with E-state index in [1.807, 2.05) is 6.07 Å². The molecule has 0 aliphatic rings. The molecule has 3 aromatic heterocycles. The first-order valence-electron chi connectivity index (χ1n) is 5.24. The number of hydrogen-bond acceptors (Lipinski definition) is 4. The molecule has 7 heteroatoms. The van der Waals surface area contributed by atoms with Gasteiger partial charge in [0.25, 0.3) is 11.4 Å². The van der Waals surface area contributed by atoms with Gasteiger partial charge in [-0.2, -0.15) is 0 Å². The van der Waals surface area contributed by atoms with Crippen molar-refractivity contribution in [3.05, 3.63) is 33.0 Å². The van der Waals surface area contributed by atoms with E-state index in [0.29, 0.717) is 23.0 Å². The normalized spacial score (nSPS) is 11.3. The van der Waals surface area contributed by atoms with Gasteiger partial charge in [0.2, 0.25) is 5.89 Å². The molecule has 0 spiro atoms. The number of aromatic nitrogens is 4. The fourth-order valence-electron chi connectivity index (χ4n) is 1.81. The molecule has 0 saturated heterocycles. The molecule has 0 aliphatic heterocycles. The average molecular weight is 309 g/mol. The summed E-state index contributed by atoms with van der Waals surface area (Å²) in [6, 6.07) is 1.81. The lowest BCUT2D eigenvalue weighted by Gasteiger charge is -1.98. The van der Waals surface area contributed by atoms with Gasteiger partial charge < -0.3 is 14.0 Å². The maximum Gasteiger partial charge on any atom is 0.274 e. The molecule has 0 aromatic carbocycles. The molecule has 0 amide bonds. The lowest BCUT2D eigenvalue weighted by molar-refractivity contribution is 0.531. The molecule has 0 bridgehead atoms. The third-order valence-corrected chi connectivity index (χ3v) is 3.30. The van der Waals surface area contributed by atoms with Crippen molar-refractivity contribution in [3.63, 3.8) is 0 Å². The Morgan fingerprint density at radius 3 is 2.89 bits per heavy atom. The van der Waals surface area contributed by atoms with Crippen molar-refractivity contribution >= 4 is 26.8 Å². The Balaban J connectivity index is 2.32. The molecule has 0 saturated carbocycles. The summed E-state index contributed by atoms with van der Waals surface area (Å²) < 4.78 is 7.67. The van der Waals surface area contributed by atoms with E-state index < -0.39 is 0 Å². The lowest BCUT2D eigenvalue weighted by atomic mass is 10.3. The number of nitrogens with one attached hydrogen (secondary N) is 1. The molecule has 6 nitrogen and oxygen atoms in total. The van der Waals surface area contributed by atoms with Crippen LogP contribution in [0.4, 0.5) is 0 Å². The minimum atomic E-state index is -0.101. The average Bonchev–Trinajstić information content (AvgIpc) is 2.92. The number of nitrogens with zero attached hydrogens (tertiary/aromatic N) is 3. The number of pyridine rings is 1. The lowest BCUT2D eigenvalue weighted by Crippen LogP contribution is -2.16. The maximum absolute atomic E-state index is 12.0. The van der Waals surface area contributed by atoms with Crippen LogP contribution >= 0.6 is 15.9 Å². The molecule has 3 heterocycles. The molecule has 0 atom stereocenters. The van der Waals surface area contributed by atoms with Crippen LogP contribution in [0.25, 0.3) is 22.5 Å². The highest BCUT2D eigenvalue weighted by Gasteiger charge is 2.14. The molecule has 1 N–H and O–H groups in total. The van der Waals surface area contributed by atoms with Crippen LogP contribution < -0.4 is 5.56 Å². The van der Waals surface area contributed by atoms with E-state index in [9.17, 15) is 4.79 Å². The summed E-state index contributed by atoms with van der Waals surface area (Å²) in [5, 5.41) is 8.48. The van der Waals surface area contributed by atoms with Crippen LogP contribution in [0.3, 0.4) is 0 Å². The Labute approximate surface area is 110 Å². The Bertz CT molecular complexity index is 799. The SMILES string of the molecule is Cc1nnc(-c2cc3c(Br)cn(C)c(=O)c3[nH]2)o1. The zero-order chi connectivity index (χ0) is 12.9. The zero-order valence-corrected chi connectivity index (χ0v) is 11.3. The van der Waals surface area contributed by atoms with Gasteiger partial charge in [-0.05, 0) is 22.0 Å². The van der Waals surface area contributed by atoms with Crippen molar-refractivity contribution in [1.82, 2.24) is 19.7 Å². The Hall–Kier alpha value is -1.89. The smallest absolute Gasteiger partial charge is 0.274 e. The number of aromatic amines is 1. The highest BCUT2D eigenvalue weighted by atomic mass is 79.9. The molecule has 0 unspecified atom stereocenters. The maximum atomic E-state index is 12.0. The van der Waals surface area contributed by atoms with Crippen LogP contribution in [0.2, 0.25) is 0 Å². The third-order valence-electron chi connectivity index (χ3n) is 2.67. The zero-order valence-electron chi connectivity index (χ0n) is 9.69. The van der Waals surface area contributed by atoms with Gasteiger partial charge in [-0.1, -0.05) is 0 Å². The fraction of sp³-hybridized carbons (Fsp3) is 0.182. The van der Waals surface area contributed by atoms with Crippen molar-refractivity contribution < 1.29 is 4.42 Å². The van der Waals surface area contributed by atoms with Crippen LogP contribution in [0, 0.1) is 6.92 Å². The first kappa shape index (κ1) is 11.2. The number of hydrogen-bond donors (Lipinski definition) is 1. The molecule has 0 radical (unpaired) electrons. The van der Waals surface area contributed by atoms with Gasteiger partial charge in [0.05, 0.1) is 0 Å². The summed E-state index contributed by atoms with van der Waals surface area (Å²) in [5.74, 6) is 0.855. The highest BCUT2D eigenvalue weighted by Crippen LogP contribution is 2.26. The molecule has 18 heavy (non-hydrogen) atoms. The number of aryl methyl sites for hydroxylation is 2. The molecule has 92 valence electrons. The first-order valence-corrected chi connectivity index (χ1v) is 6.04. The minimum absolute atomic E-state index is 0.101. The van der Waals surface area contributed by atoms with E-state index in [4.69, 9.17) is 4.42 Å². The number of rotatable bonds is 1. The molecule has 3 rings (SSSR count). The van der Waals surface area contributed by atoms with Crippen LogP contribution in [-0.2, 0) is 7.05 Å². The summed E-state index contributed by atoms with van der Waals surface area (Å²) in [4.78, 5) is 15.0. The quantitative estimate of drug-likeness (QED) is 0.746. The highest BCUT2D eigenvalue weighted by molar-refractivity contribution is 9.10. The van der Waals surface area contributed by atoms with Crippen molar-refractivity contribution in [2.45, 2.75) is 6.92 Å². The predicted octanol–water partition coefficient (Wildman–Crippen LogP) is 1.99. The first-order chi connectivity index (χ1) is 8.56. The predicted molar refractivity (Wildman–Crippen MR) is 69.3 cm³/mol.